The number of nitrogens with zero attached hydrogens (tertiary/aromatic N) is 3. The highest BCUT2D eigenvalue weighted by Gasteiger charge is 2.23. The van der Waals surface area contributed by atoms with Gasteiger partial charge in [0.15, 0.2) is 5.69 Å². The Morgan fingerprint density at radius 1 is 1.33 bits per heavy atom. The average Bonchev–Trinajstić information content (AvgIpc) is 2.85. The van der Waals surface area contributed by atoms with Gasteiger partial charge in [0.25, 0.3) is 0 Å². The lowest BCUT2D eigenvalue weighted by Crippen LogP contribution is -2.25. The third-order valence-electron chi connectivity index (χ3n) is 3.52. The Bertz CT molecular complexity index is 701. The van der Waals surface area contributed by atoms with E-state index in [4.69, 9.17) is 4.74 Å². The van der Waals surface area contributed by atoms with Gasteiger partial charge in [-0.3, -0.25) is 9.67 Å². The number of carbonyl (C=O) groups is 1. The molecule has 24 heavy (non-hydrogen) atoms. The number of aryl methyl sites for hydroxylation is 2. The molecule has 0 unspecified atom stereocenters. The fourth-order valence-corrected chi connectivity index (χ4v) is 2.39. The van der Waals surface area contributed by atoms with E-state index in [1.807, 2.05) is 45.4 Å². The smallest absolute Gasteiger partial charge is 0.359 e. The first kappa shape index (κ1) is 18.1. The fraction of sp³-hybridized carbons (Fsp3) is 0.500. The number of aromatic nitrogens is 3. The summed E-state index contributed by atoms with van der Waals surface area (Å²) < 4.78 is 7.06. The Kier molecular flexibility index (Phi) is 5.72. The lowest BCUT2D eigenvalue weighted by Gasteiger charge is -2.19. The molecule has 6 nitrogen and oxygen atoms in total. The van der Waals surface area contributed by atoms with Crippen molar-refractivity contribution >= 4 is 5.97 Å². The van der Waals surface area contributed by atoms with Crippen molar-refractivity contribution in [3.8, 4) is 0 Å². The number of carbonyl (C=O) groups excluding carboxylic acids is 1. The van der Waals surface area contributed by atoms with Crippen molar-refractivity contribution in [2.45, 2.75) is 46.3 Å². The largest absolute Gasteiger partial charge is 0.455 e. The Morgan fingerprint density at radius 2 is 2.08 bits per heavy atom. The molecule has 2 aromatic rings. The highest BCUT2D eigenvalue weighted by Crippen LogP contribution is 2.14. The monoisotopic (exact) mass is 330 g/mol. The quantitative estimate of drug-likeness (QED) is 0.651. The van der Waals surface area contributed by atoms with Crippen LogP contribution in [-0.4, -0.2) is 32.9 Å². The summed E-state index contributed by atoms with van der Waals surface area (Å²) in [6.07, 6.45) is 6.45. The molecule has 0 fully saturated rings. The van der Waals surface area contributed by atoms with Crippen molar-refractivity contribution in [1.29, 1.82) is 0 Å². The summed E-state index contributed by atoms with van der Waals surface area (Å²) in [4.78, 5) is 16.4. The molecule has 0 saturated carbocycles. The fourth-order valence-electron chi connectivity index (χ4n) is 2.39. The van der Waals surface area contributed by atoms with Crippen LogP contribution in [0, 0.1) is 6.92 Å². The van der Waals surface area contributed by atoms with Crippen LogP contribution in [0.2, 0.25) is 0 Å². The number of hydrogen-bond acceptors (Lipinski definition) is 5. The first-order chi connectivity index (χ1) is 11.3. The summed E-state index contributed by atoms with van der Waals surface area (Å²) in [5.74, 6) is -0.384. The molecule has 0 radical (unpaired) electrons. The average molecular weight is 330 g/mol. The van der Waals surface area contributed by atoms with Gasteiger partial charge in [-0.2, -0.15) is 5.10 Å². The van der Waals surface area contributed by atoms with Crippen LogP contribution >= 0.6 is 0 Å². The van der Waals surface area contributed by atoms with Crippen molar-refractivity contribution < 1.29 is 9.53 Å². The zero-order valence-corrected chi connectivity index (χ0v) is 15.1. The van der Waals surface area contributed by atoms with Crippen molar-refractivity contribution in [2.24, 2.45) is 7.05 Å². The van der Waals surface area contributed by atoms with Gasteiger partial charge in [-0.05, 0) is 57.9 Å². The molecule has 0 saturated heterocycles. The van der Waals surface area contributed by atoms with Crippen LogP contribution in [0.5, 0.6) is 0 Å². The van der Waals surface area contributed by atoms with Crippen LogP contribution in [0.3, 0.4) is 0 Å². The first-order valence-corrected chi connectivity index (χ1v) is 8.12. The van der Waals surface area contributed by atoms with E-state index in [0.29, 0.717) is 12.2 Å². The summed E-state index contributed by atoms with van der Waals surface area (Å²) in [5.41, 5.74) is 3.16. The second-order valence-corrected chi connectivity index (χ2v) is 6.91. The topological polar surface area (TPSA) is 69.0 Å². The molecule has 0 aliphatic heterocycles. The molecule has 6 heteroatoms. The van der Waals surface area contributed by atoms with Crippen LogP contribution < -0.4 is 5.32 Å². The minimum Gasteiger partial charge on any atom is -0.455 e. The maximum atomic E-state index is 12.3. The van der Waals surface area contributed by atoms with Gasteiger partial charge in [0, 0.05) is 37.7 Å². The summed E-state index contributed by atoms with van der Waals surface area (Å²) >= 11 is 0. The van der Waals surface area contributed by atoms with E-state index < -0.39 is 5.60 Å². The molecule has 2 heterocycles. The Morgan fingerprint density at radius 3 is 2.75 bits per heavy atom. The van der Waals surface area contributed by atoms with Crippen LogP contribution in [0.25, 0.3) is 0 Å². The molecule has 0 aliphatic rings. The molecule has 1 N–H and O–H groups in total. The van der Waals surface area contributed by atoms with Crippen LogP contribution in [0.4, 0.5) is 0 Å². The zero-order valence-electron chi connectivity index (χ0n) is 15.1. The molecule has 0 atom stereocenters. The number of pyridine rings is 1. The summed E-state index contributed by atoms with van der Waals surface area (Å²) in [5, 5.41) is 7.61. The number of rotatable bonds is 6. The van der Waals surface area contributed by atoms with Crippen LogP contribution in [0.1, 0.15) is 48.0 Å². The van der Waals surface area contributed by atoms with Gasteiger partial charge in [0.1, 0.15) is 5.60 Å². The van der Waals surface area contributed by atoms with Crippen LogP contribution in [0.15, 0.2) is 24.7 Å². The highest BCUT2D eigenvalue weighted by atomic mass is 16.6. The molecular weight excluding hydrogens is 304 g/mol. The number of hydrogen-bond donors (Lipinski definition) is 1. The van der Waals surface area contributed by atoms with Gasteiger partial charge in [0.05, 0.1) is 0 Å². The van der Waals surface area contributed by atoms with E-state index >= 15 is 0 Å². The predicted molar refractivity (Wildman–Crippen MR) is 92.8 cm³/mol. The number of nitrogens with one attached hydrogen (secondary N) is 1. The molecular formula is C18H26N4O2. The molecule has 0 amide bonds. The summed E-state index contributed by atoms with van der Waals surface area (Å²) in [6.45, 7) is 9.00. The summed E-state index contributed by atoms with van der Waals surface area (Å²) in [6, 6.07) is 2.03. The standard InChI is InChI=1S/C18H26N4O2/c1-13-10-19-8-6-14(13)7-9-20-11-15-12-22(5)21-16(15)17(23)24-18(2,3)4/h6,8,10,12,20H,7,9,11H2,1-5H3. The van der Waals surface area contributed by atoms with Crippen molar-refractivity contribution in [2.75, 3.05) is 6.54 Å². The second kappa shape index (κ2) is 7.57. The van der Waals surface area contributed by atoms with Gasteiger partial charge in [0.2, 0.25) is 0 Å². The zero-order chi connectivity index (χ0) is 17.7. The lowest BCUT2D eigenvalue weighted by atomic mass is 10.1. The van der Waals surface area contributed by atoms with E-state index in [-0.39, 0.29) is 5.97 Å². The maximum absolute atomic E-state index is 12.3. The Balaban J connectivity index is 1.93. The molecule has 0 aromatic carbocycles. The third kappa shape index (κ3) is 5.16. The first-order valence-electron chi connectivity index (χ1n) is 8.12. The van der Waals surface area contributed by atoms with Gasteiger partial charge >= 0.3 is 5.97 Å². The minimum absolute atomic E-state index is 0.375. The van der Waals surface area contributed by atoms with E-state index in [0.717, 1.165) is 18.5 Å². The van der Waals surface area contributed by atoms with Crippen molar-refractivity contribution in [3.05, 3.63) is 47.0 Å². The van der Waals surface area contributed by atoms with Crippen molar-refractivity contribution in [1.82, 2.24) is 20.1 Å². The lowest BCUT2D eigenvalue weighted by molar-refractivity contribution is 0.00607. The molecule has 0 aliphatic carbocycles. The molecule has 0 bridgehead atoms. The highest BCUT2D eigenvalue weighted by molar-refractivity contribution is 5.89. The number of esters is 1. The van der Waals surface area contributed by atoms with E-state index in [1.54, 1.807) is 11.7 Å². The van der Waals surface area contributed by atoms with Gasteiger partial charge < -0.3 is 10.1 Å². The normalized spacial score (nSPS) is 11.5. The third-order valence-corrected chi connectivity index (χ3v) is 3.52. The Labute approximate surface area is 143 Å². The predicted octanol–water partition coefficient (Wildman–Crippen LogP) is 2.41. The molecule has 2 rings (SSSR count). The summed E-state index contributed by atoms with van der Waals surface area (Å²) in [7, 11) is 1.80. The molecule has 130 valence electrons. The van der Waals surface area contributed by atoms with Crippen LogP contribution in [-0.2, 0) is 24.8 Å². The van der Waals surface area contributed by atoms with E-state index in [9.17, 15) is 4.79 Å². The van der Waals surface area contributed by atoms with E-state index in [1.165, 1.54) is 11.1 Å². The van der Waals surface area contributed by atoms with E-state index in [2.05, 4.69) is 22.3 Å². The molecule has 0 spiro atoms. The second-order valence-electron chi connectivity index (χ2n) is 6.91. The van der Waals surface area contributed by atoms with Gasteiger partial charge in [-0.15, -0.1) is 0 Å². The van der Waals surface area contributed by atoms with Crippen molar-refractivity contribution in [3.63, 3.8) is 0 Å². The van der Waals surface area contributed by atoms with Gasteiger partial charge in [-0.1, -0.05) is 0 Å². The minimum atomic E-state index is -0.530. The number of ether oxygens (including phenoxy) is 1. The SMILES string of the molecule is Cc1cnccc1CCNCc1cn(C)nc1C(=O)OC(C)(C)C. The maximum Gasteiger partial charge on any atom is 0.359 e. The van der Waals surface area contributed by atoms with Gasteiger partial charge in [-0.25, -0.2) is 4.79 Å². The Hall–Kier alpha value is -2.21. The molecule has 2 aromatic heterocycles.